The molecule has 0 bridgehead atoms. The van der Waals surface area contributed by atoms with Crippen LogP contribution in [0.3, 0.4) is 0 Å². The molecule has 1 N–H and O–H groups in total. The van der Waals surface area contributed by atoms with E-state index in [1.54, 1.807) is 4.90 Å². The average Bonchev–Trinajstić information content (AvgIpc) is 2.62. The fraction of sp³-hybridized carbons (Fsp3) is 0.278. The van der Waals surface area contributed by atoms with Crippen LogP contribution in [0.5, 0.6) is 5.75 Å². The summed E-state index contributed by atoms with van der Waals surface area (Å²) in [6.45, 7) is 2.76. The van der Waals surface area contributed by atoms with Gasteiger partial charge in [0.1, 0.15) is 11.6 Å². The number of rotatable bonds is 4. The number of halogens is 3. The van der Waals surface area contributed by atoms with Gasteiger partial charge in [-0.2, -0.15) is 0 Å². The maximum Gasteiger partial charge on any atom is 0.268 e. The molecule has 2 aromatic carbocycles. The molecule has 0 saturated carbocycles. The maximum atomic E-state index is 13.2. The molecular formula is C18H19Cl2FN2O2. The Labute approximate surface area is 157 Å². The van der Waals surface area contributed by atoms with E-state index in [0.29, 0.717) is 13.1 Å². The van der Waals surface area contributed by atoms with Gasteiger partial charge < -0.3 is 15.0 Å². The van der Waals surface area contributed by atoms with Crippen molar-refractivity contribution in [2.45, 2.75) is 6.10 Å². The Kier molecular flexibility index (Phi) is 7.05. The second kappa shape index (κ2) is 9.04. The Hall–Kier alpha value is -1.82. The summed E-state index contributed by atoms with van der Waals surface area (Å²) in [5, 5.41) is 3.36. The van der Waals surface area contributed by atoms with Crippen molar-refractivity contribution in [2.24, 2.45) is 0 Å². The smallest absolute Gasteiger partial charge is 0.268 e. The summed E-state index contributed by atoms with van der Waals surface area (Å²) in [7, 11) is 0. The molecule has 0 radical (unpaired) electrons. The van der Waals surface area contributed by atoms with Gasteiger partial charge in [-0.25, -0.2) is 4.39 Å². The van der Waals surface area contributed by atoms with Gasteiger partial charge in [0.2, 0.25) is 6.10 Å². The molecule has 7 heteroatoms. The number of hydrogen-bond donors (Lipinski definition) is 1. The molecule has 4 nitrogen and oxygen atoms in total. The van der Waals surface area contributed by atoms with E-state index in [-0.39, 0.29) is 29.1 Å². The Bertz CT molecular complexity index is 709. The molecule has 1 unspecified atom stereocenters. The molecule has 2 aromatic rings. The second-order valence-electron chi connectivity index (χ2n) is 5.56. The Balaban J connectivity index is 0.00000225. The Morgan fingerprint density at radius 3 is 2.48 bits per heavy atom. The van der Waals surface area contributed by atoms with Gasteiger partial charge in [0, 0.05) is 31.7 Å². The van der Waals surface area contributed by atoms with Gasteiger partial charge >= 0.3 is 0 Å². The van der Waals surface area contributed by atoms with E-state index in [1.165, 1.54) is 18.2 Å². The lowest BCUT2D eigenvalue weighted by atomic mass is 10.1. The third kappa shape index (κ3) is 4.84. The summed E-state index contributed by atoms with van der Waals surface area (Å²) in [4.78, 5) is 14.7. The van der Waals surface area contributed by atoms with Crippen LogP contribution in [0.1, 0.15) is 11.7 Å². The summed E-state index contributed by atoms with van der Waals surface area (Å²) in [6.07, 6.45) is -0.813. The van der Waals surface area contributed by atoms with Crippen molar-refractivity contribution < 1.29 is 13.9 Å². The molecular weight excluding hydrogens is 366 g/mol. The molecule has 1 aliphatic rings. The highest BCUT2D eigenvalue weighted by Crippen LogP contribution is 2.30. The van der Waals surface area contributed by atoms with Crippen LogP contribution in [0, 0.1) is 5.82 Å². The van der Waals surface area contributed by atoms with E-state index in [2.05, 4.69) is 5.32 Å². The number of amides is 1. The third-order valence-corrected chi connectivity index (χ3v) is 4.19. The van der Waals surface area contributed by atoms with Gasteiger partial charge in [0.25, 0.3) is 5.91 Å². The summed E-state index contributed by atoms with van der Waals surface area (Å²) >= 11 is 6.05. The summed E-state index contributed by atoms with van der Waals surface area (Å²) in [6, 6.07) is 13.1. The highest BCUT2D eigenvalue weighted by atomic mass is 35.5. The van der Waals surface area contributed by atoms with Crippen LogP contribution in [0.15, 0.2) is 48.5 Å². The summed E-state index contributed by atoms with van der Waals surface area (Å²) in [5.41, 5.74) is 0.737. The minimum atomic E-state index is -0.813. The average molecular weight is 385 g/mol. The highest BCUT2D eigenvalue weighted by molar-refractivity contribution is 6.32. The van der Waals surface area contributed by atoms with E-state index < -0.39 is 11.9 Å². The first-order valence-corrected chi connectivity index (χ1v) is 8.19. The van der Waals surface area contributed by atoms with Gasteiger partial charge in [-0.3, -0.25) is 4.79 Å². The third-order valence-electron chi connectivity index (χ3n) is 3.89. The normalized spacial score (nSPS) is 15.2. The number of nitrogens with zero attached hydrogens (tertiary/aromatic N) is 1. The van der Waals surface area contributed by atoms with E-state index in [4.69, 9.17) is 16.3 Å². The van der Waals surface area contributed by atoms with Crippen molar-refractivity contribution in [2.75, 3.05) is 26.2 Å². The van der Waals surface area contributed by atoms with Crippen molar-refractivity contribution in [3.8, 4) is 5.75 Å². The Morgan fingerprint density at radius 1 is 1.16 bits per heavy atom. The van der Waals surface area contributed by atoms with Gasteiger partial charge in [-0.1, -0.05) is 41.9 Å². The molecule has 1 atom stereocenters. The van der Waals surface area contributed by atoms with Crippen LogP contribution in [0.2, 0.25) is 5.02 Å². The zero-order valence-electron chi connectivity index (χ0n) is 13.5. The molecule has 0 aromatic heterocycles. The predicted molar refractivity (Wildman–Crippen MR) is 97.9 cm³/mol. The lowest BCUT2D eigenvalue weighted by Gasteiger charge is -2.31. The zero-order valence-corrected chi connectivity index (χ0v) is 15.0. The van der Waals surface area contributed by atoms with E-state index in [0.717, 1.165) is 18.7 Å². The lowest BCUT2D eigenvalue weighted by Crippen LogP contribution is -2.48. The number of hydrogen-bond acceptors (Lipinski definition) is 3. The zero-order chi connectivity index (χ0) is 16.9. The minimum Gasteiger partial charge on any atom is -0.474 e. The number of carbonyl (C=O) groups excluding carboxylic acids is 1. The van der Waals surface area contributed by atoms with Crippen LogP contribution < -0.4 is 10.1 Å². The van der Waals surface area contributed by atoms with Crippen molar-refractivity contribution in [3.63, 3.8) is 0 Å². The first kappa shape index (κ1) is 19.5. The Morgan fingerprint density at radius 2 is 1.84 bits per heavy atom. The molecule has 1 amide bonds. The highest BCUT2D eigenvalue weighted by Gasteiger charge is 2.29. The SMILES string of the molecule is Cl.O=C(C(Oc1ccc(F)cc1Cl)c1ccccc1)N1CCNCC1. The predicted octanol–water partition coefficient (Wildman–Crippen LogP) is 3.45. The molecule has 25 heavy (non-hydrogen) atoms. The largest absolute Gasteiger partial charge is 0.474 e. The number of nitrogens with one attached hydrogen (secondary N) is 1. The fourth-order valence-corrected chi connectivity index (χ4v) is 2.85. The van der Waals surface area contributed by atoms with Crippen molar-refractivity contribution in [1.29, 1.82) is 0 Å². The topological polar surface area (TPSA) is 41.6 Å². The van der Waals surface area contributed by atoms with Gasteiger partial charge in [0.15, 0.2) is 0 Å². The van der Waals surface area contributed by atoms with Gasteiger partial charge in [-0.05, 0) is 18.2 Å². The number of ether oxygens (including phenoxy) is 1. The molecule has 3 rings (SSSR count). The molecule has 1 fully saturated rings. The minimum absolute atomic E-state index is 0. The molecule has 1 aliphatic heterocycles. The quantitative estimate of drug-likeness (QED) is 0.877. The standard InChI is InChI=1S/C18H18ClFN2O2.ClH/c19-15-12-14(20)6-7-16(15)24-17(13-4-2-1-3-5-13)18(23)22-10-8-21-9-11-22;/h1-7,12,17,21H,8-11H2;1H. The van der Waals surface area contributed by atoms with Gasteiger partial charge in [0.05, 0.1) is 5.02 Å². The van der Waals surface area contributed by atoms with Crippen LogP contribution >= 0.6 is 24.0 Å². The van der Waals surface area contributed by atoms with Crippen molar-refractivity contribution >= 4 is 29.9 Å². The number of benzene rings is 2. The van der Waals surface area contributed by atoms with E-state index in [9.17, 15) is 9.18 Å². The molecule has 0 aliphatic carbocycles. The lowest BCUT2D eigenvalue weighted by molar-refractivity contribution is -0.139. The van der Waals surface area contributed by atoms with Crippen molar-refractivity contribution in [3.05, 3.63) is 64.9 Å². The first-order chi connectivity index (χ1) is 11.6. The van der Waals surface area contributed by atoms with Crippen LogP contribution in [0.25, 0.3) is 0 Å². The number of piperazine rings is 1. The molecule has 0 spiro atoms. The monoisotopic (exact) mass is 384 g/mol. The first-order valence-electron chi connectivity index (χ1n) is 7.81. The van der Waals surface area contributed by atoms with Crippen LogP contribution in [-0.2, 0) is 4.79 Å². The number of carbonyl (C=O) groups is 1. The van der Waals surface area contributed by atoms with Gasteiger partial charge in [-0.15, -0.1) is 12.4 Å². The second-order valence-corrected chi connectivity index (χ2v) is 5.97. The summed E-state index contributed by atoms with van der Waals surface area (Å²) < 4.78 is 19.1. The van der Waals surface area contributed by atoms with Crippen molar-refractivity contribution in [1.82, 2.24) is 10.2 Å². The molecule has 1 saturated heterocycles. The maximum absolute atomic E-state index is 13.2. The summed E-state index contributed by atoms with van der Waals surface area (Å²) in [5.74, 6) is -0.282. The van der Waals surface area contributed by atoms with Crippen LogP contribution in [0.4, 0.5) is 4.39 Å². The fourth-order valence-electron chi connectivity index (χ4n) is 2.64. The molecule has 1 heterocycles. The van der Waals surface area contributed by atoms with E-state index >= 15 is 0 Å². The van der Waals surface area contributed by atoms with E-state index in [1.807, 2.05) is 30.3 Å². The molecule has 134 valence electrons. The van der Waals surface area contributed by atoms with Crippen LogP contribution in [-0.4, -0.2) is 37.0 Å².